The van der Waals surface area contributed by atoms with Gasteiger partial charge in [-0.25, -0.2) is 0 Å². The summed E-state index contributed by atoms with van der Waals surface area (Å²) in [5.74, 6) is 1.84. The Morgan fingerprint density at radius 1 is 0.535 bits per heavy atom. The molecule has 8 heterocycles. The molecule has 3 aliphatic heterocycles. The maximum atomic E-state index is 6.83. The summed E-state index contributed by atoms with van der Waals surface area (Å²) in [6.07, 6.45) is 8.97. The number of benzene rings is 5. The molecule has 196 valence electrons. The molecular formula is C37H18N4O2+2. The van der Waals surface area contributed by atoms with Crippen molar-refractivity contribution in [1.82, 2.24) is 8.80 Å². The largest absolute Gasteiger partial charge is 0.456 e. The number of para-hydroxylation sites is 2. The number of furan rings is 1. The fourth-order valence-electron chi connectivity index (χ4n) is 9.05. The highest BCUT2D eigenvalue weighted by Gasteiger charge is 2.65. The summed E-state index contributed by atoms with van der Waals surface area (Å²) in [7, 11) is 0. The molecular weight excluding hydrogens is 532 g/mol. The van der Waals surface area contributed by atoms with Gasteiger partial charge in [0.2, 0.25) is 0 Å². The Bertz CT molecular complexity index is 3050. The molecule has 10 aromatic rings. The van der Waals surface area contributed by atoms with Crippen molar-refractivity contribution in [3.8, 4) is 11.5 Å². The molecule has 0 amide bonds. The van der Waals surface area contributed by atoms with Crippen molar-refractivity contribution in [2.45, 2.75) is 5.66 Å². The summed E-state index contributed by atoms with van der Waals surface area (Å²) in [5, 5.41) is 9.74. The van der Waals surface area contributed by atoms with Crippen LogP contribution in [0, 0.1) is 0 Å². The molecule has 0 saturated heterocycles. The van der Waals surface area contributed by atoms with E-state index in [9.17, 15) is 0 Å². The Morgan fingerprint density at radius 3 is 1.95 bits per heavy atom. The number of hydrogen-bond acceptors (Lipinski definition) is 2. The number of imidazole rings is 2. The van der Waals surface area contributed by atoms with Gasteiger partial charge in [-0.3, -0.25) is 0 Å². The lowest BCUT2D eigenvalue weighted by atomic mass is 9.85. The van der Waals surface area contributed by atoms with Crippen LogP contribution in [0.3, 0.4) is 0 Å². The Labute approximate surface area is 241 Å². The fraction of sp³-hybridized carbons (Fsp3) is 0.0270. The third-order valence-corrected chi connectivity index (χ3v) is 10.5. The van der Waals surface area contributed by atoms with Crippen molar-refractivity contribution in [2.24, 2.45) is 0 Å². The minimum atomic E-state index is -0.587. The normalized spacial score (nSPS) is 17.6. The van der Waals surface area contributed by atoms with Crippen molar-refractivity contribution in [1.29, 1.82) is 0 Å². The second kappa shape index (κ2) is 6.01. The van der Waals surface area contributed by atoms with E-state index in [0.29, 0.717) is 0 Å². The van der Waals surface area contributed by atoms with Gasteiger partial charge in [0, 0.05) is 38.4 Å². The van der Waals surface area contributed by atoms with Crippen molar-refractivity contribution < 1.29 is 18.3 Å². The first-order chi connectivity index (χ1) is 21.3. The second-order valence-corrected chi connectivity index (χ2v) is 12.2. The molecule has 0 N–H and O–H groups in total. The van der Waals surface area contributed by atoms with Gasteiger partial charge < -0.3 is 9.15 Å². The Morgan fingerprint density at radius 2 is 1.19 bits per heavy atom. The molecule has 3 aliphatic rings. The Kier molecular flexibility index (Phi) is 2.80. The summed E-state index contributed by atoms with van der Waals surface area (Å²) >= 11 is 0. The molecule has 0 saturated carbocycles. The molecule has 5 aromatic heterocycles. The summed E-state index contributed by atoms with van der Waals surface area (Å²) in [6, 6.07) is 30.4. The summed E-state index contributed by atoms with van der Waals surface area (Å²) in [4.78, 5) is 0. The minimum Gasteiger partial charge on any atom is -0.456 e. The number of rotatable bonds is 0. The highest BCUT2D eigenvalue weighted by molar-refractivity contribution is 6.20. The van der Waals surface area contributed by atoms with E-state index < -0.39 is 5.66 Å². The smallest absolute Gasteiger partial charge is 0.315 e. The fourth-order valence-corrected chi connectivity index (χ4v) is 9.05. The van der Waals surface area contributed by atoms with E-state index in [1.54, 1.807) is 0 Å². The van der Waals surface area contributed by atoms with Gasteiger partial charge in [-0.1, -0.05) is 36.4 Å². The van der Waals surface area contributed by atoms with Gasteiger partial charge in [-0.2, -0.15) is 17.9 Å². The quantitative estimate of drug-likeness (QED) is 0.147. The highest BCUT2D eigenvalue weighted by atomic mass is 16.5. The summed E-state index contributed by atoms with van der Waals surface area (Å²) < 4.78 is 22.9. The van der Waals surface area contributed by atoms with Gasteiger partial charge in [0.05, 0.1) is 10.8 Å². The van der Waals surface area contributed by atoms with Crippen LogP contribution < -0.4 is 13.9 Å². The maximum absolute atomic E-state index is 6.83. The number of ether oxygens (including phenoxy) is 1. The van der Waals surface area contributed by atoms with E-state index in [0.717, 1.165) is 39.0 Å². The van der Waals surface area contributed by atoms with Crippen LogP contribution in [0.5, 0.6) is 11.5 Å². The molecule has 1 atom stereocenters. The molecule has 0 fully saturated rings. The van der Waals surface area contributed by atoms with Gasteiger partial charge in [0.15, 0.2) is 0 Å². The topological polar surface area (TPSA) is 39.0 Å². The maximum Gasteiger partial charge on any atom is 0.315 e. The SMILES string of the molecule is c1ccc2c(c1)oc1cc3c(cc12)c1ccc2c4c1c1n3cc[n+]1C41c3c(ccc4c5ccccc5n5cc[n+]1c5c34)O2. The molecule has 0 radical (unpaired) electrons. The van der Waals surface area contributed by atoms with E-state index in [1.807, 2.05) is 12.1 Å². The van der Waals surface area contributed by atoms with Gasteiger partial charge in [-0.05, 0) is 42.5 Å². The van der Waals surface area contributed by atoms with Gasteiger partial charge in [0.1, 0.15) is 69.6 Å². The molecule has 13 rings (SSSR count). The Balaban J connectivity index is 1.29. The third-order valence-electron chi connectivity index (χ3n) is 10.5. The van der Waals surface area contributed by atoms with Crippen LogP contribution in [-0.4, -0.2) is 8.80 Å². The van der Waals surface area contributed by atoms with E-state index in [4.69, 9.17) is 9.15 Å². The van der Waals surface area contributed by atoms with Crippen LogP contribution in [0.2, 0.25) is 0 Å². The Hall–Kier alpha value is -5.88. The number of hydrogen-bond donors (Lipinski definition) is 0. The summed E-state index contributed by atoms with van der Waals surface area (Å²) in [6.45, 7) is 0. The van der Waals surface area contributed by atoms with Crippen LogP contribution in [0.1, 0.15) is 11.1 Å². The zero-order valence-electron chi connectivity index (χ0n) is 22.5. The second-order valence-electron chi connectivity index (χ2n) is 12.2. The monoisotopic (exact) mass is 550 g/mol. The summed E-state index contributed by atoms with van der Waals surface area (Å²) in [5.41, 5.74) is 8.40. The van der Waals surface area contributed by atoms with E-state index in [-0.39, 0.29) is 0 Å². The molecule has 0 bridgehead atoms. The molecule has 5 aromatic carbocycles. The number of aromatic nitrogens is 4. The predicted octanol–water partition coefficient (Wildman–Crippen LogP) is 7.31. The molecule has 6 heteroatoms. The number of pyridine rings is 2. The lowest BCUT2D eigenvalue weighted by Crippen LogP contribution is -2.71. The average molecular weight is 551 g/mol. The molecule has 6 nitrogen and oxygen atoms in total. The van der Waals surface area contributed by atoms with E-state index in [2.05, 4.69) is 116 Å². The van der Waals surface area contributed by atoms with Crippen molar-refractivity contribution >= 4 is 76.6 Å². The molecule has 0 aliphatic carbocycles. The standard InChI is InChI=1S/C37H18N4O2/c1-3-7-25-19(5-1)21-9-11-28-33-31(21)35-38(25)13-15-40(35)37(33)34-29(43-28)12-10-22-23-17-24-20-6-2-4-8-27(20)42-30(24)18-26(23)39-14-16-41(37)36(39)32(22)34/h1-18H/q+2. The minimum absolute atomic E-state index is 0.587. The van der Waals surface area contributed by atoms with Crippen molar-refractivity contribution in [2.75, 3.05) is 0 Å². The van der Waals surface area contributed by atoms with Crippen molar-refractivity contribution in [3.05, 3.63) is 121 Å². The van der Waals surface area contributed by atoms with Crippen LogP contribution in [-0.2, 0) is 5.66 Å². The van der Waals surface area contributed by atoms with Gasteiger partial charge in [-0.15, -0.1) is 0 Å². The zero-order chi connectivity index (χ0) is 27.3. The van der Waals surface area contributed by atoms with Gasteiger partial charge >= 0.3 is 5.66 Å². The highest BCUT2D eigenvalue weighted by Crippen LogP contribution is 2.57. The van der Waals surface area contributed by atoms with Crippen LogP contribution in [0.4, 0.5) is 0 Å². The zero-order valence-corrected chi connectivity index (χ0v) is 22.5. The molecule has 1 spiro atoms. The van der Waals surface area contributed by atoms with Crippen LogP contribution in [0.25, 0.3) is 76.6 Å². The van der Waals surface area contributed by atoms with Crippen LogP contribution >= 0.6 is 0 Å². The average Bonchev–Trinajstić information content (AvgIpc) is 3.85. The number of fused-ring (bicyclic) bond motifs is 9. The van der Waals surface area contributed by atoms with Crippen LogP contribution in [0.15, 0.2) is 114 Å². The predicted molar refractivity (Wildman–Crippen MR) is 164 cm³/mol. The molecule has 1 unspecified atom stereocenters. The van der Waals surface area contributed by atoms with E-state index in [1.165, 1.54) is 60.3 Å². The first-order valence-electron chi connectivity index (χ1n) is 14.7. The van der Waals surface area contributed by atoms with Gasteiger partial charge in [0.25, 0.3) is 11.3 Å². The lowest BCUT2D eigenvalue weighted by molar-refractivity contribution is -0.944. The lowest BCUT2D eigenvalue weighted by Gasteiger charge is -2.30. The van der Waals surface area contributed by atoms with Crippen molar-refractivity contribution in [3.63, 3.8) is 0 Å². The molecule has 43 heavy (non-hydrogen) atoms. The number of nitrogens with zero attached hydrogens (tertiary/aromatic N) is 4. The third kappa shape index (κ3) is 1.82. The first-order valence-corrected chi connectivity index (χ1v) is 14.7. The van der Waals surface area contributed by atoms with E-state index >= 15 is 0 Å². The first kappa shape index (κ1) is 20.1.